The SMILES string of the molecule is O=C(C[C@@H]1C(=O)NCCN1C/C=C/c1ccccc1)NCC1CC1. The predicted octanol–water partition coefficient (Wildman–Crippen LogP) is 1.42. The fourth-order valence-electron chi connectivity index (χ4n) is 2.92. The summed E-state index contributed by atoms with van der Waals surface area (Å²) in [5, 5.41) is 5.82. The number of nitrogens with zero attached hydrogens (tertiary/aromatic N) is 1. The molecule has 1 aliphatic carbocycles. The molecule has 0 spiro atoms. The van der Waals surface area contributed by atoms with Crippen molar-refractivity contribution < 1.29 is 9.59 Å². The van der Waals surface area contributed by atoms with Crippen LogP contribution in [0.2, 0.25) is 0 Å². The van der Waals surface area contributed by atoms with Gasteiger partial charge in [0.1, 0.15) is 0 Å². The molecule has 1 aromatic carbocycles. The average molecular weight is 327 g/mol. The quantitative estimate of drug-likeness (QED) is 0.796. The molecule has 2 N–H and O–H groups in total. The van der Waals surface area contributed by atoms with E-state index in [1.165, 1.54) is 12.8 Å². The standard InChI is InChI=1S/C19H25N3O2/c23-18(21-14-16-8-9-16)13-17-19(24)20-10-12-22(17)11-4-7-15-5-2-1-3-6-15/h1-7,16-17H,8-14H2,(H,20,24)(H,21,23)/b7-4+/t17-/m1/s1. The Bertz CT molecular complexity index is 596. The van der Waals surface area contributed by atoms with E-state index < -0.39 is 0 Å². The highest BCUT2D eigenvalue weighted by atomic mass is 16.2. The number of piperazine rings is 1. The Morgan fingerprint density at radius 3 is 2.83 bits per heavy atom. The Hall–Kier alpha value is -2.14. The maximum atomic E-state index is 12.2. The Labute approximate surface area is 143 Å². The number of hydrogen-bond donors (Lipinski definition) is 2. The van der Waals surface area contributed by atoms with Gasteiger partial charge in [0.05, 0.1) is 12.5 Å². The molecule has 24 heavy (non-hydrogen) atoms. The molecule has 5 nitrogen and oxygen atoms in total. The van der Waals surface area contributed by atoms with Crippen molar-refractivity contribution in [1.29, 1.82) is 0 Å². The molecule has 1 atom stereocenters. The second-order valence-corrected chi connectivity index (χ2v) is 6.57. The zero-order valence-corrected chi connectivity index (χ0v) is 13.9. The Morgan fingerprint density at radius 1 is 1.29 bits per heavy atom. The molecule has 1 heterocycles. The number of carbonyl (C=O) groups excluding carboxylic acids is 2. The van der Waals surface area contributed by atoms with Gasteiger partial charge in [0, 0.05) is 26.2 Å². The summed E-state index contributed by atoms with van der Waals surface area (Å²) >= 11 is 0. The van der Waals surface area contributed by atoms with Crippen LogP contribution in [0.25, 0.3) is 6.08 Å². The summed E-state index contributed by atoms with van der Waals surface area (Å²) in [5.41, 5.74) is 1.14. The van der Waals surface area contributed by atoms with Crippen LogP contribution in [0.4, 0.5) is 0 Å². The lowest BCUT2D eigenvalue weighted by Crippen LogP contribution is -2.56. The van der Waals surface area contributed by atoms with Crippen LogP contribution in [0.1, 0.15) is 24.8 Å². The first-order chi connectivity index (χ1) is 11.7. The van der Waals surface area contributed by atoms with Crippen LogP contribution in [0, 0.1) is 5.92 Å². The van der Waals surface area contributed by atoms with E-state index in [0.717, 1.165) is 18.7 Å². The van der Waals surface area contributed by atoms with Gasteiger partial charge in [-0.1, -0.05) is 42.5 Å². The number of rotatable bonds is 7. The highest BCUT2D eigenvalue weighted by molar-refractivity contribution is 5.88. The smallest absolute Gasteiger partial charge is 0.237 e. The lowest BCUT2D eigenvalue weighted by atomic mass is 10.1. The summed E-state index contributed by atoms with van der Waals surface area (Å²) in [7, 11) is 0. The third-order valence-corrected chi connectivity index (χ3v) is 4.56. The highest BCUT2D eigenvalue weighted by Gasteiger charge is 2.31. The molecule has 0 unspecified atom stereocenters. The minimum Gasteiger partial charge on any atom is -0.356 e. The van der Waals surface area contributed by atoms with E-state index in [0.29, 0.717) is 19.0 Å². The summed E-state index contributed by atoms with van der Waals surface area (Å²) in [4.78, 5) is 26.3. The number of carbonyl (C=O) groups is 2. The van der Waals surface area contributed by atoms with Crippen LogP contribution in [-0.2, 0) is 9.59 Å². The molecule has 128 valence electrons. The largest absolute Gasteiger partial charge is 0.356 e. The fraction of sp³-hybridized carbons (Fsp3) is 0.474. The van der Waals surface area contributed by atoms with Crippen molar-refractivity contribution in [2.45, 2.75) is 25.3 Å². The van der Waals surface area contributed by atoms with Crippen molar-refractivity contribution in [2.75, 3.05) is 26.2 Å². The molecule has 0 aromatic heterocycles. The molecule has 2 aliphatic rings. The first-order valence-electron chi connectivity index (χ1n) is 8.72. The Kier molecular flexibility index (Phi) is 5.64. The van der Waals surface area contributed by atoms with Crippen LogP contribution in [0.5, 0.6) is 0 Å². The van der Waals surface area contributed by atoms with Crippen LogP contribution in [0.3, 0.4) is 0 Å². The minimum atomic E-state index is -0.377. The topological polar surface area (TPSA) is 61.4 Å². The van der Waals surface area contributed by atoms with Gasteiger partial charge in [0.15, 0.2) is 0 Å². The van der Waals surface area contributed by atoms with Crippen LogP contribution < -0.4 is 10.6 Å². The van der Waals surface area contributed by atoms with Crippen molar-refractivity contribution in [1.82, 2.24) is 15.5 Å². The molecule has 1 aromatic rings. The van der Waals surface area contributed by atoms with E-state index in [1.54, 1.807) is 0 Å². The maximum Gasteiger partial charge on any atom is 0.237 e. The van der Waals surface area contributed by atoms with E-state index in [2.05, 4.69) is 27.7 Å². The molecule has 2 fully saturated rings. The third-order valence-electron chi connectivity index (χ3n) is 4.56. The zero-order chi connectivity index (χ0) is 16.8. The lowest BCUT2D eigenvalue weighted by Gasteiger charge is -2.33. The summed E-state index contributed by atoms with van der Waals surface area (Å²) in [6.07, 6.45) is 6.76. The molecule has 1 saturated heterocycles. The van der Waals surface area contributed by atoms with Crippen molar-refractivity contribution in [3.63, 3.8) is 0 Å². The normalized spacial score (nSPS) is 21.7. The summed E-state index contributed by atoms with van der Waals surface area (Å²) in [6.45, 7) is 2.83. The molecular formula is C19H25N3O2. The van der Waals surface area contributed by atoms with Gasteiger partial charge in [-0.2, -0.15) is 0 Å². The van der Waals surface area contributed by atoms with E-state index in [9.17, 15) is 9.59 Å². The number of amides is 2. The number of hydrogen-bond acceptors (Lipinski definition) is 3. The molecule has 2 amide bonds. The van der Waals surface area contributed by atoms with Gasteiger partial charge < -0.3 is 10.6 Å². The van der Waals surface area contributed by atoms with Crippen molar-refractivity contribution >= 4 is 17.9 Å². The van der Waals surface area contributed by atoms with Crippen molar-refractivity contribution in [3.05, 3.63) is 42.0 Å². The fourth-order valence-corrected chi connectivity index (χ4v) is 2.92. The van der Waals surface area contributed by atoms with Crippen LogP contribution in [-0.4, -0.2) is 48.9 Å². The van der Waals surface area contributed by atoms with Gasteiger partial charge in [0.2, 0.25) is 11.8 Å². The summed E-state index contributed by atoms with van der Waals surface area (Å²) in [5.74, 6) is 0.580. The van der Waals surface area contributed by atoms with Gasteiger partial charge >= 0.3 is 0 Å². The molecule has 3 rings (SSSR count). The van der Waals surface area contributed by atoms with Gasteiger partial charge in [-0.15, -0.1) is 0 Å². The first-order valence-corrected chi connectivity index (χ1v) is 8.72. The van der Waals surface area contributed by atoms with Gasteiger partial charge in [-0.25, -0.2) is 0 Å². The highest BCUT2D eigenvalue weighted by Crippen LogP contribution is 2.27. The maximum absolute atomic E-state index is 12.2. The molecule has 1 aliphatic heterocycles. The number of benzene rings is 1. The third kappa shape index (κ3) is 4.93. The average Bonchev–Trinajstić information content (AvgIpc) is 3.41. The second kappa shape index (κ2) is 8.11. The van der Waals surface area contributed by atoms with Gasteiger partial charge in [0.25, 0.3) is 0 Å². The van der Waals surface area contributed by atoms with Crippen molar-refractivity contribution in [3.8, 4) is 0 Å². The number of nitrogens with one attached hydrogen (secondary N) is 2. The van der Waals surface area contributed by atoms with Crippen molar-refractivity contribution in [2.24, 2.45) is 5.92 Å². The molecule has 0 radical (unpaired) electrons. The Morgan fingerprint density at radius 2 is 2.08 bits per heavy atom. The van der Waals surface area contributed by atoms with Gasteiger partial charge in [-0.3, -0.25) is 14.5 Å². The second-order valence-electron chi connectivity index (χ2n) is 6.57. The van der Waals surface area contributed by atoms with Crippen LogP contribution in [0.15, 0.2) is 36.4 Å². The molecular weight excluding hydrogens is 302 g/mol. The molecule has 5 heteroatoms. The van der Waals surface area contributed by atoms with Gasteiger partial charge in [-0.05, 0) is 24.3 Å². The Balaban J connectivity index is 1.53. The van der Waals surface area contributed by atoms with E-state index >= 15 is 0 Å². The minimum absolute atomic E-state index is 0.0269. The van der Waals surface area contributed by atoms with E-state index in [-0.39, 0.29) is 24.3 Å². The van der Waals surface area contributed by atoms with Crippen LogP contribution >= 0.6 is 0 Å². The molecule has 0 bridgehead atoms. The monoisotopic (exact) mass is 327 g/mol. The summed E-state index contributed by atoms with van der Waals surface area (Å²) < 4.78 is 0. The first kappa shape index (κ1) is 16.7. The van der Waals surface area contributed by atoms with E-state index in [1.807, 2.05) is 30.3 Å². The zero-order valence-electron chi connectivity index (χ0n) is 13.9. The van der Waals surface area contributed by atoms with E-state index in [4.69, 9.17) is 0 Å². The lowest BCUT2D eigenvalue weighted by molar-refractivity contribution is -0.133. The predicted molar refractivity (Wildman–Crippen MR) is 94.2 cm³/mol. The molecule has 1 saturated carbocycles. The summed E-state index contributed by atoms with van der Waals surface area (Å²) in [6, 6.07) is 9.70.